The molecule has 0 radical (unpaired) electrons. The maximum absolute atomic E-state index is 12.0. The van der Waals surface area contributed by atoms with Crippen molar-refractivity contribution in [1.29, 1.82) is 0 Å². The van der Waals surface area contributed by atoms with Gasteiger partial charge in [0.05, 0.1) is 6.54 Å². The van der Waals surface area contributed by atoms with E-state index in [4.69, 9.17) is 5.73 Å². The molecule has 0 aliphatic carbocycles. The van der Waals surface area contributed by atoms with E-state index in [1.807, 2.05) is 25.8 Å². The molecule has 0 aliphatic rings. The molecule has 1 rings (SSSR count). The van der Waals surface area contributed by atoms with Crippen LogP contribution >= 0.6 is 0 Å². The maximum atomic E-state index is 12.0. The van der Waals surface area contributed by atoms with E-state index in [0.717, 1.165) is 29.8 Å². The summed E-state index contributed by atoms with van der Waals surface area (Å²) in [5.41, 5.74) is 9.82. The molecule has 0 saturated heterocycles. The molecule has 0 heterocycles. The molecule has 0 atom stereocenters. The monoisotopic (exact) mass is 263 g/mol. The largest absolute Gasteiger partial charge is 0.330 e. The van der Waals surface area contributed by atoms with Gasteiger partial charge in [-0.05, 0) is 58.5 Å². The number of carbonyl (C=O) groups is 1. The van der Waals surface area contributed by atoms with Crippen molar-refractivity contribution in [3.8, 4) is 0 Å². The van der Waals surface area contributed by atoms with E-state index in [2.05, 4.69) is 24.4 Å². The first-order chi connectivity index (χ1) is 8.93. The van der Waals surface area contributed by atoms with E-state index in [0.29, 0.717) is 13.1 Å². The van der Waals surface area contributed by atoms with Crippen LogP contribution in [0.2, 0.25) is 0 Å². The number of benzene rings is 1. The third-order valence-electron chi connectivity index (χ3n) is 3.10. The molecule has 4 nitrogen and oxygen atoms in total. The van der Waals surface area contributed by atoms with Gasteiger partial charge in [0.25, 0.3) is 0 Å². The average molecular weight is 263 g/mol. The summed E-state index contributed by atoms with van der Waals surface area (Å²) in [6, 6.07) is 4.17. The molecule has 0 unspecified atom stereocenters. The van der Waals surface area contributed by atoms with Gasteiger partial charge in [0, 0.05) is 5.69 Å². The zero-order valence-electron chi connectivity index (χ0n) is 12.4. The molecule has 19 heavy (non-hydrogen) atoms. The van der Waals surface area contributed by atoms with E-state index in [-0.39, 0.29) is 5.91 Å². The zero-order valence-corrected chi connectivity index (χ0v) is 12.4. The molecule has 3 N–H and O–H groups in total. The number of hydrogen-bond acceptors (Lipinski definition) is 3. The molecule has 0 spiro atoms. The van der Waals surface area contributed by atoms with Crippen molar-refractivity contribution < 1.29 is 4.79 Å². The van der Waals surface area contributed by atoms with Gasteiger partial charge >= 0.3 is 0 Å². The topological polar surface area (TPSA) is 58.4 Å². The van der Waals surface area contributed by atoms with Crippen LogP contribution in [0.1, 0.15) is 23.1 Å². The molecular formula is C15H25N3O. The molecule has 4 heteroatoms. The third-order valence-corrected chi connectivity index (χ3v) is 3.10. The van der Waals surface area contributed by atoms with Crippen molar-refractivity contribution in [3.63, 3.8) is 0 Å². The number of nitrogens with two attached hydrogens (primary N) is 1. The molecule has 0 fully saturated rings. The van der Waals surface area contributed by atoms with Crippen molar-refractivity contribution in [2.75, 3.05) is 32.0 Å². The first-order valence-electron chi connectivity index (χ1n) is 6.70. The lowest BCUT2D eigenvalue weighted by atomic mass is 10.1. The highest BCUT2D eigenvalue weighted by atomic mass is 16.2. The fourth-order valence-electron chi connectivity index (χ4n) is 2.24. The number of hydrogen-bond donors (Lipinski definition) is 2. The first kappa shape index (κ1) is 15.7. The van der Waals surface area contributed by atoms with Crippen LogP contribution in [0.3, 0.4) is 0 Å². The van der Waals surface area contributed by atoms with E-state index in [1.165, 1.54) is 5.56 Å². The summed E-state index contributed by atoms with van der Waals surface area (Å²) in [4.78, 5) is 14.0. The van der Waals surface area contributed by atoms with Gasteiger partial charge in [0.15, 0.2) is 0 Å². The minimum atomic E-state index is 0.0228. The number of nitrogens with zero attached hydrogens (tertiary/aromatic N) is 1. The number of likely N-dealkylation sites (N-methyl/N-ethyl adjacent to an activating group) is 1. The van der Waals surface area contributed by atoms with Crippen LogP contribution in [0.5, 0.6) is 0 Å². The number of anilines is 1. The van der Waals surface area contributed by atoms with E-state index in [9.17, 15) is 4.79 Å². The van der Waals surface area contributed by atoms with Crippen molar-refractivity contribution >= 4 is 11.6 Å². The molecule has 0 aliphatic heterocycles. The Hall–Kier alpha value is -1.39. The van der Waals surface area contributed by atoms with E-state index < -0.39 is 0 Å². The standard InChI is InChI=1S/C15H25N3O/c1-11-8-12(2)15(13(3)9-11)17-14(19)10-18(4)7-5-6-16/h8-9H,5-7,10,16H2,1-4H3,(H,17,19). The van der Waals surface area contributed by atoms with Crippen molar-refractivity contribution in [2.45, 2.75) is 27.2 Å². The van der Waals surface area contributed by atoms with Crippen LogP contribution in [0.15, 0.2) is 12.1 Å². The summed E-state index contributed by atoms with van der Waals surface area (Å²) in [6.45, 7) is 8.00. The van der Waals surface area contributed by atoms with Gasteiger partial charge < -0.3 is 11.1 Å². The van der Waals surface area contributed by atoms with Crippen LogP contribution in [0, 0.1) is 20.8 Å². The van der Waals surface area contributed by atoms with Gasteiger partial charge in [0.2, 0.25) is 5.91 Å². The Bertz CT molecular complexity index is 420. The summed E-state index contributed by atoms with van der Waals surface area (Å²) < 4.78 is 0. The first-order valence-corrected chi connectivity index (χ1v) is 6.70. The summed E-state index contributed by atoms with van der Waals surface area (Å²) in [5.74, 6) is 0.0228. The lowest BCUT2D eigenvalue weighted by Crippen LogP contribution is -2.32. The predicted octanol–water partition coefficient (Wildman–Crippen LogP) is 1.83. The Labute approximate surface area is 116 Å². The number of rotatable bonds is 6. The second-order valence-corrected chi connectivity index (χ2v) is 5.20. The van der Waals surface area contributed by atoms with Gasteiger partial charge in [-0.25, -0.2) is 0 Å². The Balaban J connectivity index is 2.62. The number of amides is 1. The number of aryl methyl sites for hydroxylation is 3. The molecule has 1 amide bonds. The second-order valence-electron chi connectivity index (χ2n) is 5.20. The van der Waals surface area contributed by atoms with Crippen molar-refractivity contribution in [1.82, 2.24) is 4.90 Å². The average Bonchev–Trinajstić information content (AvgIpc) is 2.31. The minimum absolute atomic E-state index is 0.0228. The Kier molecular flexibility index (Phi) is 5.99. The Morgan fingerprint density at radius 3 is 2.37 bits per heavy atom. The van der Waals surface area contributed by atoms with Crippen LogP contribution in [-0.2, 0) is 4.79 Å². The summed E-state index contributed by atoms with van der Waals surface area (Å²) in [5, 5.41) is 3.00. The summed E-state index contributed by atoms with van der Waals surface area (Å²) in [7, 11) is 1.93. The van der Waals surface area contributed by atoms with Crippen LogP contribution < -0.4 is 11.1 Å². The highest BCUT2D eigenvalue weighted by Gasteiger charge is 2.10. The highest BCUT2D eigenvalue weighted by molar-refractivity contribution is 5.93. The number of carbonyl (C=O) groups excluding carboxylic acids is 1. The fourth-order valence-corrected chi connectivity index (χ4v) is 2.24. The van der Waals surface area contributed by atoms with Crippen LogP contribution in [0.25, 0.3) is 0 Å². The van der Waals surface area contributed by atoms with E-state index in [1.54, 1.807) is 0 Å². The van der Waals surface area contributed by atoms with Crippen LogP contribution in [-0.4, -0.2) is 37.5 Å². The SMILES string of the molecule is Cc1cc(C)c(NC(=O)CN(C)CCCN)c(C)c1. The second kappa shape index (κ2) is 7.26. The maximum Gasteiger partial charge on any atom is 0.238 e. The Morgan fingerprint density at radius 1 is 1.26 bits per heavy atom. The minimum Gasteiger partial charge on any atom is -0.330 e. The predicted molar refractivity (Wildman–Crippen MR) is 80.5 cm³/mol. The number of nitrogens with one attached hydrogen (secondary N) is 1. The summed E-state index contributed by atoms with van der Waals surface area (Å²) >= 11 is 0. The molecule has 1 aromatic rings. The lowest BCUT2D eigenvalue weighted by Gasteiger charge is -2.17. The molecule has 0 saturated carbocycles. The summed E-state index contributed by atoms with van der Waals surface area (Å²) in [6.07, 6.45) is 0.909. The quantitative estimate of drug-likeness (QED) is 0.823. The highest BCUT2D eigenvalue weighted by Crippen LogP contribution is 2.21. The van der Waals surface area contributed by atoms with Crippen LogP contribution in [0.4, 0.5) is 5.69 Å². The molecular weight excluding hydrogens is 238 g/mol. The van der Waals surface area contributed by atoms with Gasteiger partial charge in [-0.1, -0.05) is 17.7 Å². The van der Waals surface area contributed by atoms with Gasteiger partial charge in [-0.2, -0.15) is 0 Å². The van der Waals surface area contributed by atoms with Gasteiger partial charge in [-0.3, -0.25) is 9.69 Å². The van der Waals surface area contributed by atoms with E-state index >= 15 is 0 Å². The molecule has 106 valence electrons. The fraction of sp³-hybridized carbons (Fsp3) is 0.533. The zero-order chi connectivity index (χ0) is 14.4. The molecule has 1 aromatic carbocycles. The molecule has 0 aromatic heterocycles. The smallest absolute Gasteiger partial charge is 0.238 e. The normalized spacial score (nSPS) is 10.8. The van der Waals surface area contributed by atoms with Gasteiger partial charge in [0.1, 0.15) is 0 Å². The third kappa shape index (κ3) is 5.01. The molecule has 0 bridgehead atoms. The van der Waals surface area contributed by atoms with Crippen molar-refractivity contribution in [2.24, 2.45) is 5.73 Å². The van der Waals surface area contributed by atoms with Crippen molar-refractivity contribution in [3.05, 3.63) is 28.8 Å². The van der Waals surface area contributed by atoms with Gasteiger partial charge in [-0.15, -0.1) is 0 Å². The lowest BCUT2D eigenvalue weighted by molar-refractivity contribution is -0.117. The Morgan fingerprint density at radius 2 is 1.84 bits per heavy atom.